The minimum Gasteiger partial charge on any atom is -0.247 e. The van der Waals surface area contributed by atoms with Crippen molar-refractivity contribution in [3.63, 3.8) is 0 Å². The van der Waals surface area contributed by atoms with Crippen molar-refractivity contribution in [3.05, 3.63) is 18.2 Å². The number of nitrogens with zero attached hydrogens (tertiary/aromatic N) is 1. The summed E-state index contributed by atoms with van der Waals surface area (Å²) in [7, 11) is 0. The van der Waals surface area contributed by atoms with Crippen molar-refractivity contribution in [1.29, 1.82) is 0 Å². The second-order valence-corrected chi connectivity index (χ2v) is 18.6. The number of unbranched alkanes of at least 4 members (excludes halogenated alkanes) is 38. The minimum atomic E-state index is 0.615. The van der Waals surface area contributed by atoms with Crippen molar-refractivity contribution in [1.82, 2.24) is 4.98 Å². The van der Waals surface area contributed by atoms with Crippen LogP contribution in [0.4, 0.5) is 0 Å². The van der Waals surface area contributed by atoms with Crippen molar-refractivity contribution in [2.45, 2.75) is 322 Å². The summed E-state index contributed by atoms with van der Waals surface area (Å²) in [6, 6.07) is 0.615. The van der Waals surface area contributed by atoms with E-state index in [9.17, 15) is 0 Å². The molecular formula is C53H105N2+. The first-order valence-corrected chi connectivity index (χ1v) is 26.3. The molecule has 0 amide bonds. The van der Waals surface area contributed by atoms with Crippen LogP contribution < -0.4 is 4.57 Å². The molecule has 0 radical (unpaired) electrons. The molecule has 0 fully saturated rings. The van der Waals surface area contributed by atoms with Crippen LogP contribution >= 0.6 is 0 Å². The van der Waals surface area contributed by atoms with E-state index in [4.69, 9.17) is 0 Å². The van der Waals surface area contributed by atoms with Crippen molar-refractivity contribution < 1.29 is 4.57 Å². The molecule has 326 valence electrons. The molecule has 0 aliphatic heterocycles. The fourth-order valence-electron chi connectivity index (χ4n) is 9.26. The van der Waals surface area contributed by atoms with Crippen molar-refractivity contribution in [2.75, 3.05) is 0 Å². The van der Waals surface area contributed by atoms with E-state index in [1.54, 1.807) is 5.82 Å². The van der Waals surface area contributed by atoms with Gasteiger partial charge < -0.3 is 0 Å². The van der Waals surface area contributed by atoms with Gasteiger partial charge in [0.05, 0.1) is 12.0 Å². The molecule has 1 aromatic heterocycles. The first-order chi connectivity index (χ1) is 27.2. The molecule has 2 heteroatoms. The highest BCUT2D eigenvalue weighted by Crippen LogP contribution is 2.28. The number of H-pyrrole nitrogens is 1. The number of hydrogen-bond acceptors (Lipinski definition) is 0. The Hall–Kier alpha value is -0.790. The second-order valence-electron chi connectivity index (χ2n) is 18.6. The Morgan fingerprint density at radius 1 is 0.345 bits per heavy atom. The van der Waals surface area contributed by atoms with Gasteiger partial charge in [-0.05, 0) is 32.6 Å². The van der Waals surface area contributed by atoms with Gasteiger partial charge in [0.15, 0.2) is 0 Å². The van der Waals surface area contributed by atoms with Gasteiger partial charge in [0.1, 0.15) is 12.4 Å². The normalized spacial score (nSPS) is 12.9. The van der Waals surface area contributed by atoms with Crippen LogP contribution in [0, 0.1) is 0 Å². The van der Waals surface area contributed by atoms with Crippen LogP contribution in [0.1, 0.15) is 328 Å². The molecule has 1 heterocycles. The molecule has 0 aromatic carbocycles. The average Bonchev–Trinajstić information content (AvgIpc) is 3.69. The number of rotatable bonds is 46. The monoisotopic (exact) mass is 770 g/mol. The standard InChI is InChI=1S/C53H104N2/c1-5-8-11-14-17-20-23-26-28-30-33-36-39-42-45-48-52(47-44-41-38-35-32-29-27-24-21-18-15-12-9-6-2)53-54-49-50-55(53)51(4)46-43-40-37-34-31-25-22-19-16-13-10-7-3/h49-52H,5-48H2,1-4H3/p+1. The highest BCUT2D eigenvalue weighted by Gasteiger charge is 2.25. The molecule has 0 saturated heterocycles. The van der Waals surface area contributed by atoms with E-state index in [0.717, 1.165) is 0 Å². The third-order valence-corrected chi connectivity index (χ3v) is 13.1. The number of aromatic nitrogens is 2. The molecule has 0 aliphatic carbocycles. The van der Waals surface area contributed by atoms with E-state index >= 15 is 0 Å². The highest BCUT2D eigenvalue weighted by molar-refractivity contribution is 4.90. The van der Waals surface area contributed by atoms with Crippen molar-refractivity contribution >= 4 is 0 Å². The van der Waals surface area contributed by atoms with Gasteiger partial charge in [-0.2, -0.15) is 0 Å². The summed E-state index contributed by atoms with van der Waals surface area (Å²) >= 11 is 0. The van der Waals surface area contributed by atoms with E-state index in [1.165, 1.54) is 283 Å². The molecular weight excluding hydrogens is 665 g/mol. The highest BCUT2D eigenvalue weighted by atomic mass is 15.1. The molecule has 0 saturated carbocycles. The number of aromatic amines is 1. The number of hydrogen-bond donors (Lipinski definition) is 1. The summed E-state index contributed by atoms with van der Waals surface area (Å²) in [5.41, 5.74) is 0. The van der Waals surface area contributed by atoms with Gasteiger partial charge in [0.2, 0.25) is 0 Å². The third kappa shape index (κ3) is 33.8. The van der Waals surface area contributed by atoms with E-state index in [-0.39, 0.29) is 0 Å². The molecule has 1 rings (SSSR count). The van der Waals surface area contributed by atoms with Crippen LogP contribution in [0.2, 0.25) is 0 Å². The minimum absolute atomic E-state index is 0.615. The smallest absolute Gasteiger partial charge is 0.247 e. The zero-order valence-electron chi connectivity index (χ0n) is 38.9. The van der Waals surface area contributed by atoms with Crippen LogP contribution in [0.5, 0.6) is 0 Å². The molecule has 1 N–H and O–H groups in total. The number of imidazole rings is 1. The van der Waals surface area contributed by atoms with E-state index in [0.29, 0.717) is 12.0 Å². The molecule has 2 unspecified atom stereocenters. The SMILES string of the molecule is CCCCCCCCCCCCCCCCCC(CCCCCCCCCCCCCCCC)c1[nH]cc[n+]1C(C)CCCCCCCCCCCCCC. The van der Waals surface area contributed by atoms with Gasteiger partial charge in [-0.1, -0.05) is 278 Å². The summed E-state index contributed by atoms with van der Waals surface area (Å²) in [4.78, 5) is 3.80. The Labute approximate surface area is 348 Å². The van der Waals surface area contributed by atoms with Crippen LogP contribution in [0.15, 0.2) is 12.4 Å². The third-order valence-electron chi connectivity index (χ3n) is 13.1. The second kappa shape index (κ2) is 42.8. The summed E-state index contributed by atoms with van der Waals surface area (Å²) in [5.74, 6) is 2.25. The first kappa shape index (κ1) is 52.2. The Kier molecular flexibility index (Phi) is 40.6. The van der Waals surface area contributed by atoms with Crippen LogP contribution in [0.3, 0.4) is 0 Å². The summed E-state index contributed by atoms with van der Waals surface area (Å²) < 4.78 is 2.66. The van der Waals surface area contributed by atoms with Gasteiger partial charge in [-0.3, -0.25) is 0 Å². The predicted molar refractivity (Wildman–Crippen MR) is 249 cm³/mol. The van der Waals surface area contributed by atoms with Crippen LogP contribution in [-0.2, 0) is 0 Å². The lowest BCUT2D eigenvalue weighted by Gasteiger charge is -2.17. The van der Waals surface area contributed by atoms with Gasteiger partial charge in [-0.25, -0.2) is 9.55 Å². The lowest BCUT2D eigenvalue weighted by molar-refractivity contribution is -0.727. The molecule has 0 spiro atoms. The summed E-state index contributed by atoms with van der Waals surface area (Å²) in [6.45, 7) is 9.45. The maximum Gasteiger partial charge on any atom is 0.257 e. The fraction of sp³-hybridized carbons (Fsp3) is 0.943. The molecule has 0 aliphatic rings. The Morgan fingerprint density at radius 2 is 0.582 bits per heavy atom. The predicted octanol–water partition coefficient (Wildman–Crippen LogP) is 19.2. The molecule has 0 bridgehead atoms. The summed E-state index contributed by atoms with van der Waals surface area (Å²) in [6.07, 6.45) is 68.1. The van der Waals surface area contributed by atoms with Crippen molar-refractivity contribution in [3.8, 4) is 0 Å². The van der Waals surface area contributed by atoms with Crippen LogP contribution in [-0.4, -0.2) is 4.98 Å². The molecule has 55 heavy (non-hydrogen) atoms. The van der Waals surface area contributed by atoms with Gasteiger partial charge in [0, 0.05) is 0 Å². The van der Waals surface area contributed by atoms with E-state index in [1.807, 2.05) is 0 Å². The first-order valence-electron chi connectivity index (χ1n) is 26.3. The van der Waals surface area contributed by atoms with Crippen molar-refractivity contribution in [2.24, 2.45) is 0 Å². The Bertz CT molecular complexity index is 843. The largest absolute Gasteiger partial charge is 0.257 e. The maximum atomic E-state index is 3.80. The average molecular weight is 770 g/mol. The maximum absolute atomic E-state index is 3.80. The summed E-state index contributed by atoms with van der Waals surface area (Å²) in [5, 5.41) is 0. The zero-order chi connectivity index (χ0) is 39.5. The molecule has 2 nitrogen and oxygen atoms in total. The topological polar surface area (TPSA) is 19.7 Å². The quantitative estimate of drug-likeness (QED) is 0.0503. The van der Waals surface area contributed by atoms with Gasteiger partial charge in [0.25, 0.3) is 5.82 Å². The fourth-order valence-corrected chi connectivity index (χ4v) is 9.26. The van der Waals surface area contributed by atoms with Gasteiger partial charge >= 0.3 is 0 Å². The molecule has 1 aromatic rings. The van der Waals surface area contributed by atoms with E-state index in [2.05, 4.69) is 49.6 Å². The van der Waals surface area contributed by atoms with E-state index < -0.39 is 0 Å². The lowest BCUT2D eigenvalue weighted by atomic mass is 9.92. The zero-order valence-corrected chi connectivity index (χ0v) is 38.9. The lowest BCUT2D eigenvalue weighted by Crippen LogP contribution is -2.41. The van der Waals surface area contributed by atoms with Crippen LogP contribution in [0.25, 0.3) is 0 Å². The van der Waals surface area contributed by atoms with Gasteiger partial charge in [-0.15, -0.1) is 0 Å². The Balaban J connectivity index is 2.36. The number of nitrogens with one attached hydrogen (secondary N) is 1. The molecule has 2 atom stereocenters. The Morgan fingerprint density at radius 3 is 0.855 bits per heavy atom.